The first-order chi connectivity index (χ1) is 7.21. The van der Waals surface area contributed by atoms with Gasteiger partial charge in [0.1, 0.15) is 0 Å². The Kier molecular flexibility index (Phi) is 8.03. The third-order valence-corrected chi connectivity index (χ3v) is 2.53. The summed E-state index contributed by atoms with van der Waals surface area (Å²) in [5, 5.41) is 17.2. The number of hydrogen-bond donors (Lipinski definition) is 3. The molecule has 0 saturated heterocycles. The Morgan fingerprint density at radius 2 is 1.33 bits per heavy atom. The number of hydrogen-bond acceptors (Lipinski definition) is 4. The molecule has 0 bridgehead atoms. The van der Waals surface area contributed by atoms with E-state index in [4.69, 9.17) is 14.8 Å². The first-order valence-electron chi connectivity index (χ1n) is 3.81. The number of carboxylic acids is 2. The van der Waals surface area contributed by atoms with Crippen molar-refractivity contribution in [3.63, 3.8) is 0 Å². The van der Waals surface area contributed by atoms with Gasteiger partial charge in [0.05, 0.1) is 16.0 Å². The predicted molar refractivity (Wildman–Crippen MR) is 61.2 cm³/mol. The molecule has 0 radical (unpaired) electrons. The molecule has 0 aliphatic heterocycles. The summed E-state index contributed by atoms with van der Waals surface area (Å²) in [6.45, 7) is 0. The van der Waals surface area contributed by atoms with Crippen LogP contribution in [0.5, 0.6) is 0 Å². The van der Waals surface area contributed by atoms with Crippen LogP contribution in [0.2, 0.25) is 0 Å². The molecule has 0 amide bonds. The molecule has 0 unspecified atom stereocenters. The van der Waals surface area contributed by atoms with Crippen LogP contribution < -0.4 is 29.6 Å². The Balaban J connectivity index is -0.000000853. The standard InChI is InChI=1S/C8H6O7S.Al.Na.4H/c9-7(10)4-1-5(8(11)12)3-6(2-4)16(13,14)15;;;;;;/h1-3H,(H,9,10)(H,11,12)(H,13,14,15);;;;;;/q;;+1;;;;-1. The molecule has 0 aliphatic rings. The van der Waals surface area contributed by atoms with Gasteiger partial charge in [0.15, 0.2) is 17.4 Å². The van der Waals surface area contributed by atoms with Crippen LogP contribution in [0.3, 0.4) is 0 Å². The van der Waals surface area contributed by atoms with Crippen LogP contribution in [0.1, 0.15) is 22.1 Å². The van der Waals surface area contributed by atoms with E-state index in [0.29, 0.717) is 12.1 Å². The van der Waals surface area contributed by atoms with Crippen LogP contribution in [-0.4, -0.2) is 52.5 Å². The van der Waals surface area contributed by atoms with Crippen LogP contribution >= 0.6 is 0 Å². The molecular formula is C8H10AlNaO7S. The monoisotopic (exact) mass is 300 g/mol. The van der Waals surface area contributed by atoms with Gasteiger partial charge >= 0.3 is 41.5 Å². The maximum Gasteiger partial charge on any atom is 1.00 e. The van der Waals surface area contributed by atoms with E-state index in [1.54, 1.807) is 0 Å². The number of carbonyl (C=O) groups is 2. The fraction of sp³-hybridized carbons (Fsp3) is 0. The average molecular weight is 300 g/mol. The van der Waals surface area contributed by atoms with Crippen molar-refractivity contribution in [3.8, 4) is 0 Å². The maximum atomic E-state index is 10.8. The smallest absolute Gasteiger partial charge is 1.00 e. The van der Waals surface area contributed by atoms with Gasteiger partial charge in [-0.15, -0.1) is 0 Å². The van der Waals surface area contributed by atoms with Crippen molar-refractivity contribution in [1.82, 2.24) is 0 Å². The van der Waals surface area contributed by atoms with Gasteiger partial charge < -0.3 is 11.6 Å². The van der Waals surface area contributed by atoms with E-state index in [0.717, 1.165) is 6.07 Å². The largest absolute Gasteiger partial charge is 1.00 e. The molecule has 7 nitrogen and oxygen atoms in total. The molecule has 1 rings (SSSR count). The minimum atomic E-state index is -4.64. The molecule has 0 aliphatic carbocycles. The molecule has 1 aromatic rings. The van der Waals surface area contributed by atoms with Crippen LogP contribution in [0.4, 0.5) is 0 Å². The molecule has 18 heavy (non-hydrogen) atoms. The summed E-state index contributed by atoms with van der Waals surface area (Å²) in [7, 11) is -4.64. The van der Waals surface area contributed by atoms with Crippen molar-refractivity contribution in [3.05, 3.63) is 29.3 Å². The van der Waals surface area contributed by atoms with Gasteiger partial charge in [0.2, 0.25) is 0 Å². The van der Waals surface area contributed by atoms with E-state index in [1.807, 2.05) is 0 Å². The minimum absolute atomic E-state index is 0. The number of carboxylic acid groups (broad SMARTS) is 2. The Morgan fingerprint density at radius 3 is 1.56 bits per heavy atom. The SMILES string of the molecule is O=C(O)c1cc(C(=O)O)cc(S(=O)(=O)O)c1.[AlH3].[H-].[Na+]. The Labute approximate surface area is 136 Å². The normalized spacial score (nSPS) is 9.83. The van der Waals surface area contributed by atoms with Crippen molar-refractivity contribution in [2.24, 2.45) is 0 Å². The molecule has 10 heteroatoms. The second-order valence-electron chi connectivity index (χ2n) is 2.83. The van der Waals surface area contributed by atoms with Crippen molar-refractivity contribution in [1.29, 1.82) is 0 Å². The van der Waals surface area contributed by atoms with Crippen molar-refractivity contribution >= 4 is 39.4 Å². The average Bonchev–Trinajstić information content (AvgIpc) is 2.15. The summed E-state index contributed by atoms with van der Waals surface area (Å²) in [5.74, 6) is -2.99. The third kappa shape index (κ3) is 5.08. The Hall–Kier alpha value is -0.398. The van der Waals surface area contributed by atoms with E-state index < -0.39 is 38.1 Å². The summed E-state index contributed by atoms with van der Waals surface area (Å²) >= 11 is 0. The van der Waals surface area contributed by atoms with Crippen molar-refractivity contribution in [2.75, 3.05) is 0 Å². The molecule has 0 fully saturated rings. The fourth-order valence-electron chi connectivity index (χ4n) is 0.995. The predicted octanol–water partition coefficient (Wildman–Crippen LogP) is -3.74. The first-order valence-corrected chi connectivity index (χ1v) is 5.25. The Bertz CT molecular complexity index is 542. The topological polar surface area (TPSA) is 129 Å². The van der Waals surface area contributed by atoms with Gasteiger partial charge in [-0.3, -0.25) is 4.55 Å². The molecular weight excluding hydrogens is 290 g/mol. The summed E-state index contributed by atoms with van der Waals surface area (Å²) in [6.07, 6.45) is 0. The summed E-state index contributed by atoms with van der Waals surface area (Å²) < 4.78 is 30.2. The zero-order valence-electron chi connectivity index (χ0n) is 9.61. The number of rotatable bonds is 3. The van der Waals surface area contributed by atoms with Gasteiger partial charge in [-0.05, 0) is 18.2 Å². The van der Waals surface area contributed by atoms with E-state index in [1.165, 1.54) is 0 Å². The molecule has 0 aromatic heterocycles. The zero-order valence-corrected chi connectivity index (χ0v) is 11.4. The molecule has 0 heterocycles. The van der Waals surface area contributed by atoms with Crippen LogP contribution in [0, 0.1) is 0 Å². The summed E-state index contributed by atoms with van der Waals surface area (Å²) in [6, 6.07) is 2.13. The molecule has 3 N–H and O–H groups in total. The van der Waals surface area contributed by atoms with Gasteiger partial charge in [-0.25, -0.2) is 9.59 Å². The van der Waals surface area contributed by atoms with Crippen LogP contribution in [0.25, 0.3) is 0 Å². The third-order valence-electron chi connectivity index (χ3n) is 1.70. The van der Waals surface area contributed by atoms with Crippen LogP contribution in [0.15, 0.2) is 23.1 Å². The molecule has 1 aromatic carbocycles. The number of aromatic carboxylic acids is 2. The first kappa shape index (κ1) is 19.9. The Morgan fingerprint density at radius 1 is 1.00 bits per heavy atom. The van der Waals surface area contributed by atoms with Crippen molar-refractivity contribution in [2.45, 2.75) is 4.90 Å². The maximum absolute atomic E-state index is 10.8. The van der Waals surface area contributed by atoms with Gasteiger partial charge in [-0.2, -0.15) is 8.42 Å². The fourth-order valence-corrected chi connectivity index (χ4v) is 1.55. The second kappa shape index (κ2) is 7.26. The molecule has 94 valence electrons. The number of benzene rings is 1. The van der Waals surface area contributed by atoms with E-state index >= 15 is 0 Å². The quantitative estimate of drug-likeness (QED) is 0.386. The van der Waals surface area contributed by atoms with Crippen LogP contribution in [-0.2, 0) is 10.1 Å². The summed E-state index contributed by atoms with van der Waals surface area (Å²) in [5.41, 5.74) is -1.07. The molecule has 0 atom stereocenters. The minimum Gasteiger partial charge on any atom is -1.00 e. The molecule has 0 spiro atoms. The van der Waals surface area contributed by atoms with E-state index in [9.17, 15) is 18.0 Å². The molecule has 0 saturated carbocycles. The van der Waals surface area contributed by atoms with Gasteiger partial charge in [0, 0.05) is 0 Å². The van der Waals surface area contributed by atoms with E-state index in [2.05, 4.69) is 0 Å². The van der Waals surface area contributed by atoms with E-state index in [-0.39, 0.29) is 48.3 Å². The van der Waals surface area contributed by atoms with Crippen molar-refractivity contribution < 1.29 is 63.8 Å². The van der Waals surface area contributed by atoms with Gasteiger partial charge in [0.25, 0.3) is 10.1 Å². The van der Waals surface area contributed by atoms with Gasteiger partial charge in [-0.1, -0.05) is 0 Å². The summed E-state index contributed by atoms with van der Waals surface area (Å²) in [4.78, 5) is 20.4. The second-order valence-corrected chi connectivity index (χ2v) is 4.25. The zero-order chi connectivity index (χ0) is 12.5.